The summed E-state index contributed by atoms with van der Waals surface area (Å²) < 4.78 is 4.95. The number of carbonyl (C=O) groups excluding carboxylic acids is 1. The zero-order valence-corrected chi connectivity index (χ0v) is 11.0. The molecule has 0 aromatic heterocycles. The van der Waals surface area contributed by atoms with E-state index in [4.69, 9.17) is 10.00 Å². The second-order valence-corrected chi connectivity index (χ2v) is 4.34. The summed E-state index contributed by atoms with van der Waals surface area (Å²) in [6, 6.07) is 9.45. The van der Waals surface area contributed by atoms with Gasteiger partial charge < -0.3 is 10.1 Å². The second-order valence-electron chi connectivity index (χ2n) is 4.34. The molecule has 1 aromatic rings. The third-order valence-electron chi connectivity index (χ3n) is 2.71. The first-order valence-electron chi connectivity index (χ1n) is 5.87. The van der Waals surface area contributed by atoms with Crippen molar-refractivity contribution in [2.24, 2.45) is 0 Å². The summed E-state index contributed by atoms with van der Waals surface area (Å²) in [5.41, 5.74) is 0.567. The van der Waals surface area contributed by atoms with Crippen molar-refractivity contribution in [2.45, 2.75) is 25.8 Å². The van der Waals surface area contributed by atoms with E-state index in [2.05, 4.69) is 11.4 Å². The summed E-state index contributed by atoms with van der Waals surface area (Å²) in [6.45, 7) is 3.79. The number of methoxy groups -OCH3 is 1. The van der Waals surface area contributed by atoms with Crippen LogP contribution < -0.4 is 5.32 Å². The number of nitrogens with zero attached hydrogens (tertiary/aromatic N) is 1. The maximum absolute atomic E-state index is 12.2. The number of hydrogen-bond donors (Lipinski definition) is 1. The molecule has 0 heterocycles. The van der Waals surface area contributed by atoms with Gasteiger partial charge in [0.25, 0.3) is 5.91 Å². The van der Waals surface area contributed by atoms with Crippen molar-refractivity contribution < 1.29 is 9.53 Å². The molecule has 0 unspecified atom stereocenters. The molecule has 18 heavy (non-hydrogen) atoms. The fraction of sp³-hybridized carbons (Fsp3) is 0.429. The highest BCUT2D eigenvalue weighted by molar-refractivity contribution is 5.96. The first-order chi connectivity index (χ1) is 8.56. The predicted octanol–water partition coefficient (Wildman–Crippen LogP) is 1.91. The number of nitriles is 1. The van der Waals surface area contributed by atoms with Crippen molar-refractivity contribution in [2.75, 3.05) is 13.7 Å². The van der Waals surface area contributed by atoms with E-state index in [1.54, 1.807) is 13.0 Å². The number of aryl methyl sites for hydroxylation is 1. The first kappa shape index (κ1) is 14.2. The molecule has 1 atom stereocenters. The van der Waals surface area contributed by atoms with Crippen molar-refractivity contribution in [1.29, 1.82) is 5.26 Å². The van der Waals surface area contributed by atoms with Gasteiger partial charge in [0.05, 0.1) is 12.7 Å². The van der Waals surface area contributed by atoms with Crippen LogP contribution in [0, 0.1) is 11.3 Å². The molecular weight excluding hydrogens is 228 g/mol. The topological polar surface area (TPSA) is 62.1 Å². The Labute approximate surface area is 108 Å². The lowest BCUT2D eigenvalue weighted by atomic mass is 10.0. The van der Waals surface area contributed by atoms with Gasteiger partial charge in [0.15, 0.2) is 0 Å². The van der Waals surface area contributed by atoms with Crippen LogP contribution >= 0.6 is 0 Å². The lowest BCUT2D eigenvalue weighted by Gasteiger charge is -2.22. The summed E-state index contributed by atoms with van der Waals surface area (Å²) in [4.78, 5) is 12.2. The van der Waals surface area contributed by atoms with Crippen molar-refractivity contribution in [3.05, 3.63) is 35.4 Å². The molecule has 4 nitrogen and oxygen atoms in total. The van der Waals surface area contributed by atoms with E-state index in [1.165, 1.54) is 7.11 Å². The van der Waals surface area contributed by atoms with Gasteiger partial charge in [-0.25, -0.2) is 0 Å². The zero-order chi connectivity index (χ0) is 13.6. The van der Waals surface area contributed by atoms with Gasteiger partial charge in [-0.15, -0.1) is 0 Å². The van der Waals surface area contributed by atoms with Crippen molar-refractivity contribution in [3.63, 3.8) is 0 Å². The number of ether oxygens (including phenoxy) is 1. The molecule has 0 saturated heterocycles. The Hall–Kier alpha value is -1.86. The lowest BCUT2D eigenvalue weighted by Crippen LogP contribution is -2.48. The van der Waals surface area contributed by atoms with Gasteiger partial charge in [0.1, 0.15) is 5.54 Å². The number of amides is 1. The van der Waals surface area contributed by atoms with Crippen LogP contribution in [0.15, 0.2) is 24.3 Å². The average molecular weight is 246 g/mol. The molecule has 0 fully saturated rings. The van der Waals surface area contributed by atoms with E-state index < -0.39 is 5.54 Å². The zero-order valence-electron chi connectivity index (χ0n) is 11.0. The molecule has 96 valence electrons. The van der Waals surface area contributed by atoms with Crippen LogP contribution in [0.4, 0.5) is 0 Å². The highest BCUT2D eigenvalue weighted by Gasteiger charge is 2.27. The molecule has 0 radical (unpaired) electrons. The van der Waals surface area contributed by atoms with Crippen molar-refractivity contribution in [3.8, 4) is 6.07 Å². The van der Waals surface area contributed by atoms with E-state index in [0.717, 1.165) is 12.0 Å². The van der Waals surface area contributed by atoms with E-state index in [0.29, 0.717) is 5.56 Å². The minimum absolute atomic E-state index is 0.156. The SMILES string of the molecule is CCc1ccccc1C(=O)N[C@@](C)(C#N)COC. The van der Waals surface area contributed by atoms with E-state index >= 15 is 0 Å². The van der Waals surface area contributed by atoms with Crippen LogP contribution in [-0.2, 0) is 11.2 Å². The minimum atomic E-state index is -1.01. The van der Waals surface area contributed by atoms with Gasteiger partial charge in [-0.1, -0.05) is 25.1 Å². The number of rotatable bonds is 5. The molecule has 0 aliphatic rings. The highest BCUT2D eigenvalue weighted by atomic mass is 16.5. The maximum Gasteiger partial charge on any atom is 0.252 e. The quantitative estimate of drug-likeness (QED) is 0.863. The standard InChI is InChI=1S/C14H18N2O2/c1-4-11-7-5-6-8-12(11)13(17)16-14(2,9-15)10-18-3/h5-8H,4,10H2,1-3H3,(H,16,17)/t14-/m0/s1. The molecule has 1 amide bonds. The Bertz CT molecular complexity index is 465. The summed E-state index contributed by atoms with van der Waals surface area (Å²) in [5, 5.41) is 11.8. The molecule has 4 heteroatoms. The summed E-state index contributed by atoms with van der Waals surface area (Å²) in [5.74, 6) is -0.242. The number of carbonyl (C=O) groups is 1. The molecule has 0 saturated carbocycles. The van der Waals surface area contributed by atoms with E-state index in [-0.39, 0.29) is 12.5 Å². The van der Waals surface area contributed by atoms with E-state index in [9.17, 15) is 4.79 Å². The van der Waals surface area contributed by atoms with Gasteiger partial charge in [0, 0.05) is 12.7 Å². The molecule has 0 aliphatic carbocycles. The molecule has 1 N–H and O–H groups in total. The van der Waals surface area contributed by atoms with Gasteiger partial charge in [0.2, 0.25) is 0 Å². The monoisotopic (exact) mass is 246 g/mol. The van der Waals surface area contributed by atoms with Crippen LogP contribution in [0.1, 0.15) is 29.8 Å². The Kier molecular flexibility index (Phi) is 4.87. The van der Waals surface area contributed by atoms with Crippen LogP contribution in [-0.4, -0.2) is 25.2 Å². The largest absolute Gasteiger partial charge is 0.381 e. The number of hydrogen-bond acceptors (Lipinski definition) is 3. The lowest BCUT2D eigenvalue weighted by molar-refractivity contribution is 0.0859. The van der Waals surface area contributed by atoms with Crippen molar-refractivity contribution in [1.82, 2.24) is 5.32 Å². The molecule has 1 rings (SSSR count). The summed E-state index contributed by atoms with van der Waals surface area (Å²) in [6.07, 6.45) is 0.775. The van der Waals surface area contributed by atoms with Gasteiger partial charge in [-0.05, 0) is 25.0 Å². The third-order valence-corrected chi connectivity index (χ3v) is 2.71. The Morgan fingerprint density at radius 2 is 2.17 bits per heavy atom. The minimum Gasteiger partial charge on any atom is -0.381 e. The third kappa shape index (κ3) is 3.31. The molecule has 0 spiro atoms. The Morgan fingerprint density at radius 3 is 2.72 bits per heavy atom. The van der Waals surface area contributed by atoms with E-state index in [1.807, 2.05) is 25.1 Å². The van der Waals surface area contributed by atoms with Gasteiger partial charge in [-0.2, -0.15) is 5.26 Å². The van der Waals surface area contributed by atoms with Gasteiger partial charge >= 0.3 is 0 Å². The van der Waals surface area contributed by atoms with Crippen LogP contribution in [0.3, 0.4) is 0 Å². The summed E-state index contributed by atoms with van der Waals surface area (Å²) >= 11 is 0. The average Bonchev–Trinajstić information content (AvgIpc) is 2.38. The van der Waals surface area contributed by atoms with Crippen LogP contribution in [0.5, 0.6) is 0 Å². The fourth-order valence-electron chi connectivity index (χ4n) is 1.75. The summed E-state index contributed by atoms with van der Waals surface area (Å²) in [7, 11) is 1.50. The van der Waals surface area contributed by atoms with Crippen molar-refractivity contribution >= 4 is 5.91 Å². The normalized spacial score (nSPS) is 13.4. The molecule has 1 aromatic carbocycles. The number of benzene rings is 1. The Morgan fingerprint density at radius 1 is 1.50 bits per heavy atom. The maximum atomic E-state index is 12.2. The predicted molar refractivity (Wildman–Crippen MR) is 69.2 cm³/mol. The highest BCUT2D eigenvalue weighted by Crippen LogP contribution is 2.11. The smallest absolute Gasteiger partial charge is 0.252 e. The fourth-order valence-corrected chi connectivity index (χ4v) is 1.75. The first-order valence-corrected chi connectivity index (χ1v) is 5.87. The Balaban J connectivity index is 2.92. The second kappa shape index (κ2) is 6.18. The van der Waals surface area contributed by atoms with Crippen LogP contribution in [0.25, 0.3) is 0 Å². The molecule has 0 bridgehead atoms. The van der Waals surface area contributed by atoms with Gasteiger partial charge in [-0.3, -0.25) is 4.79 Å². The van der Waals surface area contributed by atoms with Crippen LogP contribution in [0.2, 0.25) is 0 Å². The molecular formula is C14H18N2O2. The number of nitrogens with one attached hydrogen (secondary N) is 1. The molecule has 0 aliphatic heterocycles.